The number of hydrogen-bond acceptors (Lipinski definition) is 5. The van der Waals surface area contributed by atoms with Crippen LogP contribution in [0.15, 0.2) is 66.7 Å². The number of rotatable bonds is 8. The van der Waals surface area contributed by atoms with Gasteiger partial charge >= 0.3 is 0 Å². The molecule has 2 N–H and O–H groups in total. The van der Waals surface area contributed by atoms with Crippen LogP contribution in [-0.2, 0) is 0 Å². The van der Waals surface area contributed by atoms with Crippen molar-refractivity contribution in [1.29, 1.82) is 0 Å². The molecule has 1 aliphatic rings. The number of carbonyl (C=O) groups is 4. The monoisotopic (exact) mass is 717 g/mol. The fourth-order valence-electron chi connectivity index (χ4n) is 9.44. The molecule has 54 heavy (non-hydrogen) atoms. The number of nitrogens with zero attached hydrogens (tertiary/aromatic N) is 2. The Morgan fingerprint density at radius 1 is 0.667 bits per heavy atom. The van der Waals surface area contributed by atoms with Crippen LogP contribution >= 0.6 is 0 Å². The number of anilines is 1. The maximum absolute atomic E-state index is 14.5. The summed E-state index contributed by atoms with van der Waals surface area (Å²) in [6, 6.07) is 20.0. The standard InChI is InChI=1S/C47H47N3O4/c1-24(2)43(25(3)4)49(9)45(52)35-19-17-33-32-16-20-36-41-37(47(54)50(46(36)53)44(26(5)6)27(7)8)21-18-34(40(32)41)38-29(22-30(23-51)39(35)42(33)38)13-10-28-11-14-31(48)15-12-28/h11-12,14-27,43-44H,48H2,1-9H3. The van der Waals surface area contributed by atoms with Crippen LogP contribution in [0, 0.1) is 35.5 Å². The third kappa shape index (κ3) is 5.58. The highest BCUT2D eigenvalue weighted by molar-refractivity contribution is 6.40. The lowest BCUT2D eigenvalue weighted by molar-refractivity contribution is 0.0436. The van der Waals surface area contributed by atoms with E-state index in [1.54, 1.807) is 18.2 Å². The minimum absolute atomic E-state index is 0.0261. The first-order valence-corrected chi connectivity index (χ1v) is 18.9. The summed E-state index contributed by atoms with van der Waals surface area (Å²) >= 11 is 0. The van der Waals surface area contributed by atoms with Crippen LogP contribution in [0.1, 0.15) is 108 Å². The molecule has 1 aliphatic heterocycles. The Kier molecular flexibility index (Phi) is 9.22. The van der Waals surface area contributed by atoms with Gasteiger partial charge in [0.25, 0.3) is 17.7 Å². The summed E-state index contributed by atoms with van der Waals surface area (Å²) in [5, 5.41) is 5.91. The summed E-state index contributed by atoms with van der Waals surface area (Å²) < 4.78 is 0. The van der Waals surface area contributed by atoms with Gasteiger partial charge < -0.3 is 10.6 Å². The fraction of sp³-hybridized carbons (Fsp3) is 0.319. The first kappa shape index (κ1) is 36.6. The SMILES string of the molecule is CC(C)C(C(C)C)N(C)C(=O)c1ccc2c3ccc4c5c(ccc(c6c(C#Cc7ccc(N)cc7)cc(C=O)c1c26)c53)C(=O)N(C(C(C)C)C(C)C)C4=O. The van der Waals surface area contributed by atoms with Crippen molar-refractivity contribution in [2.24, 2.45) is 23.7 Å². The van der Waals surface area contributed by atoms with Gasteiger partial charge in [-0.05, 0) is 93.7 Å². The molecule has 0 fully saturated rings. The van der Waals surface area contributed by atoms with Crippen molar-refractivity contribution in [3.05, 3.63) is 100 Å². The molecule has 1 heterocycles. The predicted molar refractivity (Wildman–Crippen MR) is 219 cm³/mol. The van der Waals surface area contributed by atoms with Gasteiger partial charge in [0.05, 0.1) is 0 Å². The van der Waals surface area contributed by atoms with Crippen LogP contribution in [0.4, 0.5) is 5.69 Å². The van der Waals surface area contributed by atoms with E-state index in [4.69, 9.17) is 5.73 Å². The maximum Gasteiger partial charge on any atom is 0.261 e. The van der Waals surface area contributed by atoms with Crippen molar-refractivity contribution in [2.45, 2.75) is 67.5 Å². The largest absolute Gasteiger partial charge is 0.399 e. The second-order valence-corrected chi connectivity index (χ2v) is 16.2. The average molecular weight is 718 g/mol. The molecular weight excluding hydrogens is 671 g/mol. The number of aldehydes is 1. The second-order valence-electron chi connectivity index (χ2n) is 16.2. The number of amides is 3. The summed E-state index contributed by atoms with van der Waals surface area (Å²) in [5.41, 5.74) is 9.69. The topological polar surface area (TPSA) is 101 Å². The molecule has 0 spiro atoms. The molecule has 7 heteroatoms. The van der Waals surface area contributed by atoms with Gasteiger partial charge in [-0.1, -0.05) is 85.4 Å². The quantitative estimate of drug-likeness (QED) is 0.0422. The van der Waals surface area contributed by atoms with Gasteiger partial charge in [0.1, 0.15) is 0 Å². The van der Waals surface area contributed by atoms with E-state index >= 15 is 0 Å². The Labute approximate surface area is 316 Å². The van der Waals surface area contributed by atoms with E-state index in [1.165, 1.54) is 4.90 Å². The molecule has 0 bridgehead atoms. The number of nitrogens with two attached hydrogens (primary N) is 1. The molecule has 6 aromatic carbocycles. The van der Waals surface area contributed by atoms with Crippen LogP contribution in [0.25, 0.3) is 43.1 Å². The van der Waals surface area contributed by atoms with Gasteiger partial charge in [-0.15, -0.1) is 0 Å². The Bertz CT molecular complexity index is 2550. The van der Waals surface area contributed by atoms with Crippen molar-refractivity contribution in [3.8, 4) is 11.8 Å². The second kappa shape index (κ2) is 13.6. The number of benzene rings is 6. The molecule has 0 atom stereocenters. The normalized spacial score (nSPS) is 13.3. The highest BCUT2D eigenvalue weighted by atomic mass is 16.2. The van der Waals surface area contributed by atoms with E-state index in [0.717, 1.165) is 44.2 Å². The Hall–Kier alpha value is -5.74. The fourth-order valence-corrected chi connectivity index (χ4v) is 9.44. The third-order valence-corrected chi connectivity index (χ3v) is 11.3. The first-order valence-electron chi connectivity index (χ1n) is 18.9. The van der Waals surface area contributed by atoms with E-state index in [-0.39, 0.29) is 53.5 Å². The Morgan fingerprint density at radius 3 is 1.78 bits per heavy atom. The molecule has 274 valence electrons. The summed E-state index contributed by atoms with van der Waals surface area (Å²) in [4.78, 5) is 59.7. The molecule has 0 aliphatic carbocycles. The molecule has 6 aromatic rings. The smallest absolute Gasteiger partial charge is 0.261 e. The average Bonchev–Trinajstić information content (AvgIpc) is 3.13. The zero-order valence-electron chi connectivity index (χ0n) is 32.5. The Morgan fingerprint density at radius 2 is 1.22 bits per heavy atom. The summed E-state index contributed by atoms with van der Waals surface area (Å²) in [6.07, 6.45) is 0.803. The molecule has 0 unspecified atom stereocenters. The summed E-state index contributed by atoms with van der Waals surface area (Å²) in [5.74, 6) is 6.41. The lowest BCUT2D eigenvalue weighted by Crippen LogP contribution is -2.51. The molecular formula is C47H47N3O4. The lowest BCUT2D eigenvalue weighted by atomic mass is 9.80. The maximum atomic E-state index is 14.5. The highest BCUT2D eigenvalue weighted by Gasteiger charge is 2.41. The van der Waals surface area contributed by atoms with E-state index in [1.807, 2.05) is 88.2 Å². The van der Waals surface area contributed by atoms with Crippen LogP contribution < -0.4 is 5.73 Å². The molecule has 7 nitrogen and oxygen atoms in total. The molecule has 0 saturated heterocycles. The van der Waals surface area contributed by atoms with Crippen LogP contribution in [0.5, 0.6) is 0 Å². The summed E-state index contributed by atoms with van der Waals surface area (Å²) in [6.45, 7) is 16.6. The van der Waals surface area contributed by atoms with Crippen molar-refractivity contribution < 1.29 is 19.2 Å². The molecule has 0 aromatic heterocycles. The number of carbonyl (C=O) groups excluding carboxylic acids is 4. The summed E-state index contributed by atoms with van der Waals surface area (Å²) in [7, 11) is 1.84. The third-order valence-electron chi connectivity index (χ3n) is 11.3. The van der Waals surface area contributed by atoms with Crippen LogP contribution in [0.2, 0.25) is 0 Å². The minimum atomic E-state index is -0.298. The van der Waals surface area contributed by atoms with E-state index < -0.39 is 0 Å². The Balaban J connectivity index is 1.60. The van der Waals surface area contributed by atoms with Gasteiger partial charge in [-0.25, -0.2) is 0 Å². The highest BCUT2D eigenvalue weighted by Crippen LogP contribution is 2.47. The van der Waals surface area contributed by atoms with Crippen molar-refractivity contribution in [2.75, 3.05) is 12.8 Å². The zero-order valence-corrected chi connectivity index (χ0v) is 32.5. The van der Waals surface area contributed by atoms with Crippen LogP contribution in [-0.4, -0.2) is 52.9 Å². The molecule has 3 amide bonds. The first-order chi connectivity index (χ1) is 25.7. The number of imide groups is 1. The molecule has 7 rings (SSSR count). The van der Waals surface area contributed by atoms with Crippen molar-refractivity contribution in [1.82, 2.24) is 9.80 Å². The minimum Gasteiger partial charge on any atom is -0.399 e. The van der Waals surface area contributed by atoms with Gasteiger partial charge in [-0.3, -0.25) is 24.1 Å². The number of nitrogen functional groups attached to an aromatic ring is 1. The number of fused-ring (bicyclic) bond motifs is 2. The predicted octanol–water partition coefficient (Wildman–Crippen LogP) is 9.56. The van der Waals surface area contributed by atoms with Crippen molar-refractivity contribution >= 4 is 72.8 Å². The van der Waals surface area contributed by atoms with Crippen LogP contribution in [0.3, 0.4) is 0 Å². The zero-order chi connectivity index (χ0) is 38.9. The van der Waals surface area contributed by atoms with Gasteiger partial charge in [0, 0.05) is 79.7 Å². The van der Waals surface area contributed by atoms with Gasteiger partial charge in [-0.2, -0.15) is 0 Å². The van der Waals surface area contributed by atoms with E-state index in [0.29, 0.717) is 44.3 Å². The number of hydrogen-bond donors (Lipinski definition) is 1. The van der Waals surface area contributed by atoms with E-state index in [2.05, 4.69) is 39.5 Å². The molecule has 0 radical (unpaired) electrons. The van der Waals surface area contributed by atoms with Gasteiger partial charge in [0.2, 0.25) is 0 Å². The van der Waals surface area contributed by atoms with Crippen molar-refractivity contribution in [3.63, 3.8) is 0 Å². The molecule has 0 saturated carbocycles. The lowest BCUT2D eigenvalue weighted by Gasteiger charge is -2.38. The van der Waals surface area contributed by atoms with Gasteiger partial charge in [0.15, 0.2) is 6.29 Å². The van der Waals surface area contributed by atoms with E-state index in [9.17, 15) is 19.2 Å².